The fourth-order valence-corrected chi connectivity index (χ4v) is 2.31. The molecule has 3 rings (SSSR count). The van der Waals surface area contributed by atoms with Crippen LogP contribution in [0.15, 0.2) is 36.5 Å². The van der Waals surface area contributed by atoms with Crippen molar-refractivity contribution < 1.29 is 4.79 Å². The topological polar surface area (TPSA) is 51.0 Å². The molecule has 19 heavy (non-hydrogen) atoms. The van der Waals surface area contributed by atoms with E-state index in [2.05, 4.69) is 10.3 Å². The van der Waals surface area contributed by atoms with Crippen LogP contribution in [0.25, 0.3) is 11.3 Å². The predicted molar refractivity (Wildman–Crippen MR) is 71.3 cm³/mol. The Balaban J connectivity index is 1.64. The third kappa shape index (κ3) is 2.65. The van der Waals surface area contributed by atoms with E-state index < -0.39 is 0 Å². The summed E-state index contributed by atoms with van der Waals surface area (Å²) in [5, 5.41) is 8.27. The van der Waals surface area contributed by atoms with E-state index in [-0.39, 0.29) is 5.91 Å². The van der Waals surface area contributed by atoms with Gasteiger partial charge in [0.05, 0.1) is 12.7 Å². The fourth-order valence-electron chi connectivity index (χ4n) is 2.31. The predicted octanol–water partition coefficient (Wildman–Crippen LogP) is 1.57. The van der Waals surface area contributed by atoms with E-state index in [0.717, 1.165) is 30.8 Å². The smallest absolute Gasteiger partial charge is 0.222 e. The Labute approximate surface area is 111 Å². The molecular formula is C14H16N4O. The minimum Gasteiger partial charge on any atom is -0.341 e. The SMILES string of the molecule is O=C1CCCN1CCn1cc(-c2ccccc2)nn1. The van der Waals surface area contributed by atoms with Crippen molar-refractivity contribution in [3.63, 3.8) is 0 Å². The number of rotatable bonds is 4. The van der Waals surface area contributed by atoms with E-state index in [4.69, 9.17) is 0 Å². The summed E-state index contributed by atoms with van der Waals surface area (Å²) in [6.07, 6.45) is 3.59. The van der Waals surface area contributed by atoms with Gasteiger partial charge in [0.25, 0.3) is 0 Å². The van der Waals surface area contributed by atoms with Crippen molar-refractivity contribution >= 4 is 5.91 Å². The zero-order chi connectivity index (χ0) is 13.1. The van der Waals surface area contributed by atoms with E-state index >= 15 is 0 Å². The molecule has 1 saturated heterocycles. The van der Waals surface area contributed by atoms with Gasteiger partial charge < -0.3 is 4.90 Å². The summed E-state index contributed by atoms with van der Waals surface area (Å²) in [4.78, 5) is 13.4. The summed E-state index contributed by atoms with van der Waals surface area (Å²) in [6.45, 7) is 2.29. The van der Waals surface area contributed by atoms with Gasteiger partial charge in [-0.3, -0.25) is 9.48 Å². The molecule has 5 nitrogen and oxygen atoms in total. The van der Waals surface area contributed by atoms with Gasteiger partial charge >= 0.3 is 0 Å². The first-order valence-electron chi connectivity index (χ1n) is 6.56. The molecule has 0 N–H and O–H groups in total. The molecule has 0 saturated carbocycles. The summed E-state index contributed by atoms with van der Waals surface area (Å²) in [5.41, 5.74) is 1.93. The molecule has 98 valence electrons. The van der Waals surface area contributed by atoms with Crippen LogP contribution in [0.3, 0.4) is 0 Å². The molecule has 0 radical (unpaired) electrons. The average molecular weight is 256 g/mol. The molecule has 2 heterocycles. The zero-order valence-electron chi connectivity index (χ0n) is 10.7. The number of hydrogen-bond acceptors (Lipinski definition) is 3. The summed E-state index contributed by atoms with van der Waals surface area (Å²) < 4.78 is 1.80. The Hall–Kier alpha value is -2.17. The zero-order valence-corrected chi connectivity index (χ0v) is 10.7. The van der Waals surface area contributed by atoms with E-state index in [1.54, 1.807) is 4.68 Å². The third-order valence-corrected chi connectivity index (χ3v) is 3.38. The maximum absolute atomic E-state index is 11.5. The normalized spacial score (nSPS) is 15.2. The molecular weight excluding hydrogens is 240 g/mol. The molecule has 1 aromatic carbocycles. The monoisotopic (exact) mass is 256 g/mol. The number of hydrogen-bond donors (Lipinski definition) is 0. The Kier molecular flexibility index (Phi) is 3.27. The van der Waals surface area contributed by atoms with Crippen LogP contribution in [0.2, 0.25) is 0 Å². The molecule has 5 heteroatoms. The Morgan fingerprint density at radius 1 is 1.16 bits per heavy atom. The molecule has 2 aromatic rings. The lowest BCUT2D eigenvalue weighted by Gasteiger charge is -2.14. The van der Waals surface area contributed by atoms with E-state index in [1.165, 1.54) is 0 Å². The lowest BCUT2D eigenvalue weighted by atomic mass is 10.2. The quantitative estimate of drug-likeness (QED) is 0.834. The minimum absolute atomic E-state index is 0.253. The van der Waals surface area contributed by atoms with Crippen LogP contribution >= 0.6 is 0 Å². The van der Waals surface area contributed by atoms with Crippen molar-refractivity contribution in [3.8, 4) is 11.3 Å². The molecule has 1 aliphatic rings. The van der Waals surface area contributed by atoms with E-state index in [9.17, 15) is 4.79 Å². The standard InChI is InChI=1S/C14H16N4O/c19-14-7-4-8-17(14)9-10-18-11-13(15-16-18)12-5-2-1-3-6-12/h1-3,5-6,11H,4,7-10H2. The summed E-state index contributed by atoms with van der Waals surface area (Å²) >= 11 is 0. The molecule has 0 aliphatic carbocycles. The largest absolute Gasteiger partial charge is 0.341 e. The minimum atomic E-state index is 0.253. The van der Waals surface area contributed by atoms with Gasteiger partial charge in [-0.15, -0.1) is 5.10 Å². The molecule has 0 unspecified atom stereocenters. The van der Waals surface area contributed by atoms with Crippen molar-refractivity contribution in [1.29, 1.82) is 0 Å². The first kappa shape index (κ1) is 11.9. The van der Waals surface area contributed by atoms with Crippen LogP contribution in [-0.2, 0) is 11.3 Å². The van der Waals surface area contributed by atoms with Crippen LogP contribution in [0, 0.1) is 0 Å². The highest BCUT2D eigenvalue weighted by Gasteiger charge is 2.19. The number of carbonyl (C=O) groups excluding carboxylic acids is 1. The van der Waals surface area contributed by atoms with Crippen LogP contribution in [0.5, 0.6) is 0 Å². The van der Waals surface area contributed by atoms with Crippen molar-refractivity contribution in [3.05, 3.63) is 36.5 Å². The molecule has 0 bridgehead atoms. The second-order valence-corrected chi connectivity index (χ2v) is 4.72. The third-order valence-electron chi connectivity index (χ3n) is 3.38. The summed E-state index contributed by atoms with van der Waals surface area (Å²) in [7, 11) is 0. The molecule has 0 spiro atoms. The number of benzene rings is 1. The number of nitrogens with zero attached hydrogens (tertiary/aromatic N) is 4. The Morgan fingerprint density at radius 2 is 2.00 bits per heavy atom. The van der Waals surface area contributed by atoms with Crippen molar-refractivity contribution in [2.45, 2.75) is 19.4 Å². The maximum Gasteiger partial charge on any atom is 0.222 e. The molecule has 1 fully saturated rings. The Morgan fingerprint density at radius 3 is 2.74 bits per heavy atom. The van der Waals surface area contributed by atoms with Crippen LogP contribution in [0.4, 0.5) is 0 Å². The molecule has 1 aliphatic heterocycles. The van der Waals surface area contributed by atoms with Crippen molar-refractivity contribution in [1.82, 2.24) is 19.9 Å². The van der Waals surface area contributed by atoms with E-state index in [1.807, 2.05) is 41.4 Å². The lowest BCUT2D eigenvalue weighted by Crippen LogP contribution is -2.28. The lowest BCUT2D eigenvalue weighted by molar-refractivity contribution is -0.127. The highest BCUT2D eigenvalue weighted by Crippen LogP contribution is 2.15. The van der Waals surface area contributed by atoms with Gasteiger partial charge in [-0.2, -0.15) is 0 Å². The van der Waals surface area contributed by atoms with Gasteiger partial charge in [-0.25, -0.2) is 0 Å². The average Bonchev–Trinajstić information content (AvgIpc) is 3.06. The first-order valence-corrected chi connectivity index (χ1v) is 6.56. The summed E-state index contributed by atoms with van der Waals surface area (Å²) in [5.74, 6) is 0.253. The van der Waals surface area contributed by atoms with Gasteiger partial charge in [0.2, 0.25) is 5.91 Å². The number of amides is 1. The van der Waals surface area contributed by atoms with Crippen molar-refractivity contribution in [2.24, 2.45) is 0 Å². The van der Waals surface area contributed by atoms with Gasteiger partial charge in [-0.1, -0.05) is 35.5 Å². The number of carbonyl (C=O) groups is 1. The molecule has 0 atom stereocenters. The highest BCUT2D eigenvalue weighted by atomic mass is 16.2. The first-order chi connectivity index (χ1) is 9.33. The van der Waals surface area contributed by atoms with Crippen LogP contribution < -0.4 is 0 Å². The van der Waals surface area contributed by atoms with Crippen LogP contribution in [-0.4, -0.2) is 38.9 Å². The fraction of sp³-hybridized carbons (Fsp3) is 0.357. The highest BCUT2D eigenvalue weighted by molar-refractivity contribution is 5.77. The van der Waals surface area contributed by atoms with Gasteiger partial charge in [0.1, 0.15) is 5.69 Å². The second-order valence-electron chi connectivity index (χ2n) is 4.72. The molecule has 1 aromatic heterocycles. The second kappa shape index (κ2) is 5.22. The molecule has 1 amide bonds. The van der Waals surface area contributed by atoms with Crippen LogP contribution in [0.1, 0.15) is 12.8 Å². The van der Waals surface area contributed by atoms with Gasteiger partial charge in [0, 0.05) is 25.1 Å². The van der Waals surface area contributed by atoms with Gasteiger partial charge in [-0.05, 0) is 6.42 Å². The number of likely N-dealkylation sites (tertiary alicyclic amines) is 1. The summed E-state index contributed by atoms with van der Waals surface area (Å²) in [6, 6.07) is 9.97. The van der Waals surface area contributed by atoms with Gasteiger partial charge in [0.15, 0.2) is 0 Å². The Bertz CT molecular complexity index is 564. The number of aromatic nitrogens is 3. The maximum atomic E-state index is 11.5. The van der Waals surface area contributed by atoms with E-state index in [0.29, 0.717) is 13.0 Å². The van der Waals surface area contributed by atoms with Crippen molar-refractivity contribution in [2.75, 3.05) is 13.1 Å².